The zero-order valence-electron chi connectivity index (χ0n) is 16.0. The number of nitrogens with zero attached hydrogens (tertiary/aromatic N) is 1. The lowest BCUT2D eigenvalue weighted by Gasteiger charge is -2.18. The average molecular weight is 445 g/mol. The third-order valence-electron chi connectivity index (χ3n) is 5.43. The number of fused-ring (bicyclic) bond motifs is 4. The van der Waals surface area contributed by atoms with Gasteiger partial charge >= 0.3 is 0 Å². The summed E-state index contributed by atoms with van der Waals surface area (Å²) in [6, 6.07) is 5.33. The van der Waals surface area contributed by atoms with Crippen LogP contribution in [0.25, 0.3) is 0 Å². The Kier molecular flexibility index (Phi) is 5.20. The van der Waals surface area contributed by atoms with Crippen molar-refractivity contribution in [2.24, 2.45) is 0 Å². The second-order valence-corrected chi connectivity index (χ2v) is 9.84. The molecular formula is C20H20N4O4S2. The Labute approximate surface area is 181 Å². The highest BCUT2D eigenvalue weighted by Gasteiger charge is 2.38. The molecule has 2 unspecified atom stereocenters. The van der Waals surface area contributed by atoms with E-state index in [1.54, 1.807) is 23.9 Å². The maximum atomic E-state index is 12.7. The SMILES string of the molecule is O=C1COc2ccc(CNC(=O)c3nc4c(c(=O)[nH]3)C3CCCSCC3S4)cc2N1. The number of amides is 2. The number of benzene rings is 1. The van der Waals surface area contributed by atoms with E-state index in [9.17, 15) is 14.4 Å². The minimum atomic E-state index is -0.435. The van der Waals surface area contributed by atoms with Crippen molar-refractivity contribution in [1.29, 1.82) is 0 Å². The van der Waals surface area contributed by atoms with Crippen molar-refractivity contribution in [2.45, 2.75) is 35.6 Å². The Morgan fingerprint density at radius 3 is 3.13 bits per heavy atom. The Morgan fingerprint density at radius 1 is 1.33 bits per heavy atom. The molecule has 1 fully saturated rings. The van der Waals surface area contributed by atoms with Gasteiger partial charge in [0, 0.05) is 23.5 Å². The van der Waals surface area contributed by atoms with Crippen molar-refractivity contribution in [3.8, 4) is 5.75 Å². The molecule has 2 atom stereocenters. The maximum Gasteiger partial charge on any atom is 0.287 e. The highest BCUT2D eigenvalue weighted by atomic mass is 32.2. The molecular weight excluding hydrogens is 424 g/mol. The van der Waals surface area contributed by atoms with Crippen LogP contribution in [0.3, 0.4) is 0 Å². The van der Waals surface area contributed by atoms with Gasteiger partial charge in [-0.3, -0.25) is 14.4 Å². The molecule has 3 aliphatic rings. The molecule has 10 heteroatoms. The van der Waals surface area contributed by atoms with Crippen molar-refractivity contribution >= 4 is 41.0 Å². The van der Waals surface area contributed by atoms with Crippen LogP contribution in [0.1, 0.15) is 40.5 Å². The number of rotatable bonds is 3. The smallest absolute Gasteiger partial charge is 0.287 e. The first-order chi connectivity index (χ1) is 14.6. The number of hydrogen-bond donors (Lipinski definition) is 3. The number of nitrogens with one attached hydrogen (secondary N) is 3. The summed E-state index contributed by atoms with van der Waals surface area (Å²) >= 11 is 3.54. The zero-order chi connectivity index (χ0) is 20.7. The van der Waals surface area contributed by atoms with Crippen LogP contribution in [-0.4, -0.2) is 45.1 Å². The summed E-state index contributed by atoms with van der Waals surface area (Å²) in [6.45, 7) is 0.233. The van der Waals surface area contributed by atoms with E-state index in [0.717, 1.165) is 35.5 Å². The molecule has 3 N–H and O–H groups in total. The van der Waals surface area contributed by atoms with Crippen LogP contribution >= 0.6 is 23.5 Å². The summed E-state index contributed by atoms with van der Waals surface area (Å²) in [4.78, 5) is 44.0. The minimum absolute atomic E-state index is 0.00113. The highest BCUT2D eigenvalue weighted by molar-refractivity contribution is 8.03. The van der Waals surface area contributed by atoms with E-state index in [1.165, 1.54) is 0 Å². The van der Waals surface area contributed by atoms with Crippen molar-refractivity contribution < 1.29 is 14.3 Å². The highest BCUT2D eigenvalue weighted by Crippen LogP contribution is 2.47. The molecule has 3 aliphatic heterocycles. The van der Waals surface area contributed by atoms with Gasteiger partial charge in [-0.25, -0.2) is 4.98 Å². The first kappa shape index (κ1) is 19.5. The molecule has 0 aliphatic carbocycles. The normalized spacial score (nSPS) is 22.1. The third kappa shape index (κ3) is 3.69. The molecule has 0 saturated carbocycles. The lowest BCUT2D eigenvalue weighted by Crippen LogP contribution is -2.29. The molecule has 4 heterocycles. The molecule has 30 heavy (non-hydrogen) atoms. The van der Waals surface area contributed by atoms with Crippen LogP contribution in [0.4, 0.5) is 5.69 Å². The van der Waals surface area contributed by atoms with Gasteiger partial charge in [-0.2, -0.15) is 11.8 Å². The van der Waals surface area contributed by atoms with Crippen LogP contribution < -0.4 is 20.9 Å². The van der Waals surface area contributed by atoms with Crippen molar-refractivity contribution in [2.75, 3.05) is 23.4 Å². The molecule has 1 aromatic heterocycles. The van der Waals surface area contributed by atoms with Gasteiger partial charge in [0.05, 0.1) is 11.3 Å². The van der Waals surface area contributed by atoms with E-state index in [1.807, 2.05) is 17.8 Å². The molecule has 2 aromatic rings. The maximum absolute atomic E-state index is 12.7. The summed E-state index contributed by atoms with van der Waals surface area (Å²) in [7, 11) is 0. The number of carbonyl (C=O) groups excluding carboxylic acids is 2. The van der Waals surface area contributed by atoms with Crippen LogP contribution in [0.2, 0.25) is 0 Å². The van der Waals surface area contributed by atoms with Crippen molar-refractivity contribution in [3.05, 3.63) is 45.5 Å². The lowest BCUT2D eigenvalue weighted by atomic mass is 9.94. The minimum Gasteiger partial charge on any atom is -0.482 e. The topological polar surface area (TPSA) is 113 Å². The first-order valence-electron chi connectivity index (χ1n) is 9.81. The Bertz CT molecular complexity index is 1090. The molecule has 0 spiro atoms. The van der Waals surface area contributed by atoms with Gasteiger partial charge in [-0.15, -0.1) is 11.8 Å². The van der Waals surface area contributed by atoms with Gasteiger partial charge in [-0.05, 0) is 36.3 Å². The number of aromatic amines is 1. The average Bonchev–Trinajstić information content (AvgIpc) is 2.93. The van der Waals surface area contributed by atoms with Crippen molar-refractivity contribution in [1.82, 2.24) is 15.3 Å². The lowest BCUT2D eigenvalue weighted by molar-refractivity contribution is -0.118. The van der Waals surface area contributed by atoms with Gasteiger partial charge in [0.2, 0.25) is 0 Å². The van der Waals surface area contributed by atoms with Crippen LogP contribution in [0, 0.1) is 0 Å². The molecule has 1 saturated heterocycles. The van der Waals surface area contributed by atoms with Gasteiger partial charge in [-0.1, -0.05) is 6.07 Å². The first-order valence-corrected chi connectivity index (χ1v) is 11.8. The zero-order valence-corrected chi connectivity index (χ0v) is 17.7. The number of aromatic nitrogens is 2. The fourth-order valence-corrected chi connectivity index (χ4v) is 6.79. The predicted octanol–water partition coefficient (Wildman–Crippen LogP) is 2.12. The van der Waals surface area contributed by atoms with Crippen LogP contribution in [0.15, 0.2) is 28.0 Å². The van der Waals surface area contributed by atoms with E-state index < -0.39 is 5.91 Å². The monoisotopic (exact) mass is 444 g/mol. The summed E-state index contributed by atoms with van der Waals surface area (Å²) in [5, 5.41) is 6.57. The van der Waals surface area contributed by atoms with Gasteiger partial charge in [0.25, 0.3) is 17.4 Å². The Morgan fingerprint density at radius 2 is 2.23 bits per heavy atom. The van der Waals surface area contributed by atoms with E-state index in [0.29, 0.717) is 21.7 Å². The number of H-pyrrole nitrogens is 1. The molecule has 0 bridgehead atoms. The molecule has 1 aromatic carbocycles. The molecule has 8 nitrogen and oxygen atoms in total. The molecule has 0 radical (unpaired) electrons. The van der Waals surface area contributed by atoms with Gasteiger partial charge in [0.1, 0.15) is 10.8 Å². The summed E-state index contributed by atoms with van der Waals surface area (Å²) in [5.74, 6) is 2.34. The van der Waals surface area contributed by atoms with Gasteiger partial charge < -0.3 is 20.4 Å². The number of ether oxygens (including phenoxy) is 1. The quantitative estimate of drug-likeness (QED) is 0.622. The van der Waals surface area contributed by atoms with Crippen molar-refractivity contribution in [3.63, 3.8) is 0 Å². The fraction of sp³-hybridized carbons (Fsp3) is 0.400. The van der Waals surface area contributed by atoms with Gasteiger partial charge in [0.15, 0.2) is 12.4 Å². The second kappa shape index (κ2) is 7.99. The number of thioether (sulfide) groups is 2. The Balaban J connectivity index is 1.31. The Hall–Kier alpha value is -2.46. The summed E-state index contributed by atoms with van der Waals surface area (Å²) in [5.41, 5.74) is 1.92. The molecule has 156 valence electrons. The summed E-state index contributed by atoms with van der Waals surface area (Å²) in [6.07, 6.45) is 2.09. The van der Waals surface area contributed by atoms with Crippen LogP contribution in [-0.2, 0) is 11.3 Å². The molecule has 5 rings (SSSR count). The van der Waals surface area contributed by atoms with Crippen LogP contribution in [0.5, 0.6) is 5.75 Å². The third-order valence-corrected chi connectivity index (χ3v) is 8.15. The van der Waals surface area contributed by atoms with E-state index in [-0.39, 0.29) is 36.4 Å². The summed E-state index contributed by atoms with van der Waals surface area (Å²) < 4.78 is 5.34. The number of hydrogen-bond acceptors (Lipinski definition) is 7. The van der Waals surface area contributed by atoms with E-state index >= 15 is 0 Å². The number of anilines is 1. The molecule has 2 amide bonds. The van der Waals surface area contributed by atoms with E-state index in [4.69, 9.17) is 4.74 Å². The standard InChI is InChI=1S/C20H20N4O4S2/c25-15-8-28-13-4-3-10(6-12(13)22-15)7-21-19(27)17-23-18(26)16-11-2-1-5-29-9-14(11)30-20(16)24-17/h3-4,6,11,14H,1-2,5,7-9H2,(H,21,27)(H,22,25)(H,23,24,26). The second-order valence-electron chi connectivity index (χ2n) is 7.46. The largest absolute Gasteiger partial charge is 0.482 e. The fourth-order valence-electron chi connectivity index (χ4n) is 3.99. The van der Waals surface area contributed by atoms with E-state index in [2.05, 4.69) is 20.6 Å². The predicted molar refractivity (Wildman–Crippen MR) is 116 cm³/mol. The number of carbonyl (C=O) groups is 2.